The molecule has 0 spiro atoms. The van der Waals surface area contributed by atoms with Crippen LogP contribution in [0.3, 0.4) is 0 Å². The van der Waals surface area contributed by atoms with Crippen LogP contribution in [0.5, 0.6) is 0 Å². The van der Waals surface area contributed by atoms with Crippen LogP contribution in [0, 0.1) is 11.7 Å². The Morgan fingerprint density at radius 1 is 1.46 bits per heavy atom. The molecule has 1 aliphatic rings. The summed E-state index contributed by atoms with van der Waals surface area (Å²) in [6.45, 7) is 0. The van der Waals surface area contributed by atoms with Gasteiger partial charge in [-0.2, -0.15) is 0 Å². The summed E-state index contributed by atoms with van der Waals surface area (Å²) in [6.07, 6.45) is 2.25. The molecule has 0 heterocycles. The van der Waals surface area contributed by atoms with Crippen molar-refractivity contribution in [3.05, 3.63) is 34.1 Å². The third-order valence-corrected chi connectivity index (χ3v) is 3.15. The Balaban J connectivity index is 2.36. The van der Waals surface area contributed by atoms with Gasteiger partial charge in [-0.15, -0.1) is 0 Å². The summed E-state index contributed by atoms with van der Waals surface area (Å²) in [5.74, 6) is 0.280. The number of hydrogen-bond donors (Lipinski definition) is 1. The zero-order valence-corrected chi connectivity index (χ0v) is 8.72. The van der Waals surface area contributed by atoms with Crippen molar-refractivity contribution in [2.24, 2.45) is 11.7 Å². The first-order chi connectivity index (χ1) is 6.20. The Bertz CT molecular complexity index is 302. The summed E-state index contributed by atoms with van der Waals surface area (Å²) < 4.78 is 14.2. The van der Waals surface area contributed by atoms with E-state index in [-0.39, 0.29) is 11.9 Å². The van der Waals surface area contributed by atoms with Gasteiger partial charge < -0.3 is 5.73 Å². The molecule has 1 fully saturated rings. The molecule has 0 aliphatic heterocycles. The zero-order chi connectivity index (χ0) is 9.42. The smallest absolute Gasteiger partial charge is 0.129 e. The van der Waals surface area contributed by atoms with Crippen LogP contribution in [0.1, 0.15) is 24.4 Å². The third-order valence-electron chi connectivity index (χ3n) is 2.46. The van der Waals surface area contributed by atoms with Gasteiger partial charge in [0.25, 0.3) is 0 Å². The SMILES string of the molecule is NC(c1c(F)cccc1Br)C1CC1. The normalized spacial score (nSPS) is 18.7. The standard InChI is InChI=1S/C10H11BrFN/c11-7-2-1-3-8(12)9(7)10(13)6-4-5-6/h1-3,6,10H,4-5,13H2. The fraction of sp³-hybridized carbons (Fsp3) is 0.400. The summed E-state index contributed by atoms with van der Waals surface area (Å²) in [5.41, 5.74) is 6.56. The molecule has 70 valence electrons. The van der Waals surface area contributed by atoms with Gasteiger partial charge in [-0.3, -0.25) is 0 Å². The molecule has 1 aliphatic carbocycles. The highest BCUT2D eigenvalue weighted by Crippen LogP contribution is 2.42. The van der Waals surface area contributed by atoms with Gasteiger partial charge in [-0.25, -0.2) is 4.39 Å². The van der Waals surface area contributed by atoms with Gasteiger partial charge in [0, 0.05) is 16.1 Å². The van der Waals surface area contributed by atoms with Crippen molar-refractivity contribution < 1.29 is 4.39 Å². The van der Waals surface area contributed by atoms with Gasteiger partial charge in [-0.1, -0.05) is 22.0 Å². The average molecular weight is 244 g/mol. The van der Waals surface area contributed by atoms with Crippen LogP contribution in [0.2, 0.25) is 0 Å². The maximum absolute atomic E-state index is 13.4. The maximum atomic E-state index is 13.4. The van der Waals surface area contributed by atoms with E-state index >= 15 is 0 Å². The van der Waals surface area contributed by atoms with Gasteiger partial charge >= 0.3 is 0 Å². The van der Waals surface area contributed by atoms with Gasteiger partial charge in [-0.05, 0) is 30.9 Å². The number of nitrogens with two attached hydrogens (primary N) is 1. The molecule has 0 aromatic heterocycles. The molecule has 2 rings (SSSR count). The van der Waals surface area contributed by atoms with Crippen molar-refractivity contribution in [3.8, 4) is 0 Å². The molecule has 3 heteroatoms. The van der Waals surface area contributed by atoms with E-state index in [9.17, 15) is 4.39 Å². The molecule has 0 saturated heterocycles. The van der Waals surface area contributed by atoms with Crippen molar-refractivity contribution in [1.82, 2.24) is 0 Å². The van der Waals surface area contributed by atoms with E-state index in [0.717, 1.165) is 17.3 Å². The fourth-order valence-corrected chi connectivity index (χ4v) is 2.13. The zero-order valence-electron chi connectivity index (χ0n) is 7.13. The second-order valence-corrected chi connectivity index (χ2v) is 4.35. The van der Waals surface area contributed by atoms with Gasteiger partial charge in [0.2, 0.25) is 0 Å². The Morgan fingerprint density at radius 2 is 2.15 bits per heavy atom. The molecule has 1 atom stereocenters. The first kappa shape index (κ1) is 9.16. The minimum atomic E-state index is -0.200. The van der Waals surface area contributed by atoms with Crippen LogP contribution in [-0.4, -0.2) is 0 Å². The second-order valence-electron chi connectivity index (χ2n) is 3.50. The van der Waals surface area contributed by atoms with Crippen LogP contribution < -0.4 is 5.73 Å². The van der Waals surface area contributed by atoms with Crippen molar-refractivity contribution in [1.29, 1.82) is 0 Å². The Labute approximate surface area is 85.3 Å². The maximum Gasteiger partial charge on any atom is 0.129 e. The second kappa shape index (κ2) is 3.39. The average Bonchev–Trinajstić information content (AvgIpc) is 2.85. The highest BCUT2D eigenvalue weighted by atomic mass is 79.9. The molecular formula is C10H11BrFN. The van der Waals surface area contributed by atoms with Gasteiger partial charge in [0.05, 0.1) is 0 Å². The molecule has 1 nitrogen and oxygen atoms in total. The van der Waals surface area contributed by atoms with Gasteiger partial charge in [0.1, 0.15) is 5.82 Å². The van der Waals surface area contributed by atoms with Crippen molar-refractivity contribution in [3.63, 3.8) is 0 Å². The lowest BCUT2D eigenvalue weighted by Crippen LogP contribution is -2.14. The molecule has 0 bridgehead atoms. The number of rotatable bonds is 2. The first-order valence-corrected chi connectivity index (χ1v) is 5.19. The number of halogens is 2. The number of hydrogen-bond acceptors (Lipinski definition) is 1. The molecule has 1 aromatic rings. The minimum Gasteiger partial charge on any atom is -0.324 e. The summed E-state index contributed by atoms with van der Waals surface area (Å²) in [5, 5.41) is 0. The van der Waals surface area contributed by atoms with Crippen LogP contribution in [0.4, 0.5) is 4.39 Å². The lowest BCUT2D eigenvalue weighted by atomic mass is 10.0. The lowest BCUT2D eigenvalue weighted by Gasteiger charge is -2.13. The molecule has 0 radical (unpaired) electrons. The van der Waals surface area contributed by atoms with E-state index in [1.165, 1.54) is 6.07 Å². The van der Waals surface area contributed by atoms with E-state index in [0.29, 0.717) is 11.5 Å². The number of benzene rings is 1. The molecule has 1 unspecified atom stereocenters. The monoisotopic (exact) mass is 243 g/mol. The first-order valence-electron chi connectivity index (χ1n) is 4.39. The Morgan fingerprint density at radius 3 is 2.69 bits per heavy atom. The van der Waals surface area contributed by atoms with Crippen molar-refractivity contribution >= 4 is 15.9 Å². The van der Waals surface area contributed by atoms with Crippen molar-refractivity contribution in [2.75, 3.05) is 0 Å². The Kier molecular flexibility index (Phi) is 2.39. The lowest BCUT2D eigenvalue weighted by molar-refractivity contribution is 0.551. The highest BCUT2D eigenvalue weighted by Gasteiger charge is 2.32. The van der Waals surface area contributed by atoms with E-state index in [4.69, 9.17) is 5.73 Å². The topological polar surface area (TPSA) is 26.0 Å². The van der Waals surface area contributed by atoms with Crippen molar-refractivity contribution in [2.45, 2.75) is 18.9 Å². The van der Waals surface area contributed by atoms with E-state index in [2.05, 4.69) is 15.9 Å². The van der Waals surface area contributed by atoms with E-state index < -0.39 is 0 Å². The quantitative estimate of drug-likeness (QED) is 0.850. The van der Waals surface area contributed by atoms with E-state index in [1.54, 1.807) is 6.07 Å². The largest absolute Gasteiger partial charge is 0.324 e. The summed E-state index contributed by atoms with van der Waals surface area (Å²) in [4.78, 5) is 0. The van der Waals surface area contributed by atoms with Crippen LogP contribution >= 0.6 is 15.9 Å². The summed E-state index contributed by atoms with van der Waals surface area (Å²) in [7, 11) is 0. The van der Waals surface area contributed by atoms with Crippen LogP contribution in [-0.2, 0) is 0 Å². The molecular weight excluding hydrogens is 233 g/mol. The summed E-state index contributed by atoms with van der Waals surface area (Å²) in [6, 6.07) is 4.83. The predicted octanol–water partition coefficient (Wildman–Crippen LogP) is 3.00. The molecule has 1 aromatic carbocycles. The molecule has 2 N–H and O–H groups in total. The fourth-order valence-electron chi connectivity index (χ4n) is 1.52. The summed E-state index contributed by atoms with van der Waals surface area (Å²) >= 11 is 3.32. The van der Waals surface area contributed by atoms with Crippen LogP contribution in [0.25, 0.3) is 0 Å². The van der Waals surface area contributed by atoms with Crippen LogP contribution in [0.15, 0.2) is 22.7 Å². The van der Waals surface area contributed by atoms with E-state index in [1.807, 2.05) is 6.07 Å². The third kappa shape index (κ3) is 1.76. The molecule has 13 heavy (non-hydrogen) atoms. The molecule has 0 amide bonds. The minimum absolute atomic E-state index is 0.143. The highest BCUT2D eigenvalue weighted by molar-refractivity contribution is 9.10. The molecule has 1 saturated carbocycles. The predicted molar refractivity (Wildman–Crippen MR) is 53.8 cm³/mol. The Hall–Kier alpha value is -0.410. The van der Waals surface area contributed by atoms with Gasteiger partial charge in [0.15, 0.2) is 0 Å².